The first-order chi connectivity index (χ1) is 8.38. The van der Waals surface area contributed by atoms with E-state index in [1.807, 2.05) is 6.92 Å². The Morgan fingerprint density at radius 1 is 1.26 bits per heavy atom. The lowest BCUT2D eigenvalue weighted by atomic mass is 10.1. The Balaban J connectivity index is 5.45. The molecule has 0 saturated carbocycles. The zero-order chi connectivity index (χ0) is 15.5. The van der Waals surface area contributed by atoms with E-state index in [1.165, 1.54) is 0 Å². The molecule has 0 aliphatic rings. The summed E-state index contributed by atoms with van der Waals surface area (Å²) in [5.74, 6) is 0. The summed E-state index contributed by atoms with van der Waals surface area (Å²) in [6.07, 6.45) is 1.72. The van der Waals surface area contributed by atoms with Crippen LogP contribution in [0, 0.1) is 5.41 Å². The molecule has 0 unspecified atom stereocenters. The summed E-state index contributed by atoms with van der Waals surface area (Å²) in [5.41, 5.74) is 4.31. The lowest BCUT2D eigenvalue weighted by Crippen LogP contribution is -2.35. The van der Waals surface area contributed by atoms with Crippen LogP contribution < -0.4 is 5.73 Å². The van der Waals surface area contributed by atoms with E-state index in [0.717, 1.165) is 6.08 Å². The lowest BCUT2D eigenvalue weighted by Gasteiger charge is -2.29. The highest BCUT2D eigenvalue weighted by Crippen LogP contribution is 2.69. The van der Waals surface area contributed by atoms with E-state index in [2.05, 4.69) is 0 Å². The Labute approximate surface area is 110 Å². The van der Waals surface area contributed by atoms with E-state index >= 15 is 0 Å². The molecule has 0 heterocycles. The van der Waals surface area contributed by atoms with Gasteiger partial charge in [0.25, 0.3) is 0 Å². The third-order valence-electron chi connectivity index (χ3n) is 2.32. The summed E-state index contributed by atoms with van der Waals surface area (Å²) >= 11 is 0. The van der Waals surface area contributed by atoms with Crippen LogP contribution in [-0.4, -0.2) is 35.5 Å². The van der Waals surface area contributed by atoms with Crippen LogP contribution >= 0.6 is 15.2 Å². The molecule has 0 spiro atoms. The van der Waals surface area contributed by atoms with Gasteiger partial charge in [-0.2, -0.15) is 0 Å². The number of aliphatic hydroxyl groups is 1. The molecule has 0 aromatic heterocycles. The molecule has 8 N–H and O–H groups in total. The minimum atomic E-state index is -5.61. The third-order valence-corrected chi connectivity index (χ3v) is 6.02. The lowest BCUT2D eigenvalue weighted by molar-refractivity contribution is 0.157. The fourth-order valence-corrected chi connectivity index (χ4v) is 3.49. The van der Waals surface area contributed by atoms with Crippen molar-refractivity contribution in [3.05, 3.63) is 11.8 Å². The first-order valence-electron chi connectivity index (χ1n) is 5.24. The van der Waals surface area contributed by atoms with E-state index in [4.69, 9.17) is 30.7 Å². The molecule has 0 saturated heterocycles. The average Bonchev–Trinajstić information content (AvgIpc) is 2.21. The van der Waals surface area contributed by atoms with Gasteiger partial charge < -0.3 is 35.8 Å². The van der Waals surface area contributed by atoms with Crippen molar-refractivity contribution in [1.82, 2.24) is 0 Å². The minimum Gasteiger partial charge on any atom is -0.399 e. The molecule has 0 fully saturated rings. The van der Waals surface area contributed by atoms with Crippen molar-refractivity contribution in [2.24, 2.45) is 5.73 Å². The molecule has 0 atom stereocenters. The predicted molar refractivity (Wildman–Crippen MR) is 68.6 cm³/mol. The predicted octanol–water partition coefficient (Wildman–Crippen LogP) is 0.0405. The molecule has 0 amide bonds. The van der Waals surface area contributed by atoms with Gasteiger partial charge in [-0.25, -0.2) is 0 Å². The van der Waals surface area contributed by atoms with E-state index in [-0.39, 0.29) is 12.1 Å². The highest BCUT2D eigenvalue weighted by atomic mass is 31.2. The molecule has 0 aliphatic heterocycles. The molecule has 0 bridgehead atoms. The number of rotatable bonds is 7. The molecule has 9 nitrogen and oxygen atoms in total. The van der Waals surface area contributed by atoms with Gasteiger partial charge in [-0.3, -0.25) is 9.13 Å². The molecule has 19 heavy (non-hydrogen) atoms. The topological polar surface area (TPSA) is 185 Å². The molecule has 0 radical (unpaired) electrons. The van der Waals surface area contributed by atoms with Crippen molar-refractivity contribution in [2.45, 2.75) is 31.3 Å². The van der Waals surface area contributed by atoms with Gasteiger partial charge in [0.15, 0.2) is 0 Å². The maximum absolute atomic E-state index is 11.1. The second-order valence-corrected chi connectivity index (χ2v) is 7.76. The van der Waals surface area contributed by atoms with Crippen molar-refractivity contribution in [3.63, 3.8) is 0 Å². The van der Waals surface area contributed by atoms with Crippen LogP contribution in [0.2, 0.25) is 0 Å². The highest BCUT2D eigenvalue weighted by molar-refractivity contribution is 7.72. The highest BCUT2D eigenvalue weighted by Gasteiger charge is 2.61. The van der Waals surface area contributed by atoms with Gasteiger partial charge in [0, 0.05) is 12.1 Å². The van der Waals surface area contributed by atoms with Gasteiger partial charge in [0.1, 0.15) is 0 Å². The van der Waals surface area contributed by atoms with Gasteiger partial charge in [0.2, 0.25) is 0 Å². The van der Waals surface area contributed by atoms with Crippen molar-refractivity contribution < 1.29 is 33.8 Å². The van der Waals surface area contributed by atoms with Crippen molar-refractivity contribution in [3.8, 4) is 0 Å². The van der Waals surface area contributed by atoms with E-state index in [9.17, 15) is 14.2 Å². The van der Waals surface area contributed by atoms with Gasteiger partial charge in [0.05, 0.1) is 5.70 Å². The van der Waals surface area contributed by atoms with Crippen molar-refractivity contribution >= 4 is 20.9 Å². The second kappa shape index (κ2) is 6.28. The molecular formula is C8H18N2O7P2. The van der Waals surface area contributed by atoms with Crippen LogP contribution in [0.3, 0.4) is 0 Å². The Morgan fingerprint density at radius 2 is 1.68 bits per heavy atom. The molecule has 0 aliphatic carbocycles. The van der Waals surface area contributed by atoms with Crippen LogP contribution in [0.25, 0.3) is 0 Å². The van der Waals surface area contributed by atoms with Gasteiger partial charge in [-0.15, -0.1) is 0 Å². The van der Waals surface area contributed by atoms with Gasteiger partial charge in [-0.1, -0.05) is 19.4 Å². The number of hydrogen-bond acceptors (Lipinski definition) is 5. The molecule has 0 aromatic carbocycles. The van der Waals surface area contributed by atoms with E-state index in [0.29, 0.717) is 12.8 Å². The first-order valence-corrected chi connectivity index (χ1v) is 8.46. The van der Waals surface area contributed by atoms with Crippen LogP contribution in [0.4, 0.5) is 0 Å². The average molecular weight is 316 g/mol. The minimum absolute atomic E-state index is 0.157. The van der Waals surface area contributed by atoms with Crippen LogP contribution in [0.5, 0.6) is 0 Å². The van der Waals surface area contributed by atoms with Crippen LogP contribution in [0.15, 0.2) is 11.8 Å². The number of nitrogens with one attached hydrogen (secondary N) is 1. The summed E-state index contributed by atoms with van der Waals surface area (Å²) in [6.45, 7) is 1.81. The van der Waals surface area contributed by atoms with Crippen molar-refractivity contribution in [1.29, 1.82) is 5.41 Å². The van der Waals surface area contributed by atoms with Crippen LogP contribution in [-0.2, 0) is 9.13 Å². The Kier molecular flexibility index (Phi) is 6.10. The molecule has 11 heteroatoms. The molecule has 112 valence electrons. The van der Waals surface area contributed by atoms with E-state index in [1.54, 1.807) is 0 Å². The zero-order valence-electron chi connectivity index (χ0n) is 10.2. The van der Waals surface area contributed by atoms with Crippen LogP contribution in [0.1, 0.15) is 26.2 Å². The smallest absolute Gasteiger partial charge is 0.375 e. The monoisotopic (exact) mass is 316 g/mol. The summed E-state index contributed by atoms with van der Waals surface area (Å²) in [6, 6.07) is 0. The first kappa shape index (κ1) is 18.5. The third kappa shape index (κ3) is 4.22. The quantitative estimate of drug-likeness (QED) is 0.253. The largest absolute Gasteiger partial charge is 0.399 e. The molecule has 0 rings (SSSR count). The van der Waals surface area contributed by atoms with Gasteiger partial charge in [-0.05, 0) is 6.42 Å². The maximum Gasteiger partial charge on any atom is 0.375 e. The second-order valence-electron chi connectivity index (χ2n) is 3.94. The summed E-state index contributed by atoms with van der Waals surface area (Å²) in [4.78, 5) is 35.6. The van der Waals surface area contributed by atoms with Crippen molar-refractivity contribution in [2.75, 3.05) is 0 Å². The fraction of sp³-hybridized carbons (Fsp3) is 0.625. The Hall–Kier alpha value is -0.530. The normalized spacial score (nSPS) is 14.5. The zero-order valence-corrected chi connectivity index (χ0v) is 12.0. The fourth-order valence-electron chi connectivity index (χ4n) is 1.28. The number of hydrogen-bond donors (Lipinski definition) is 7. The molecular weight excluding hydrogens is 298 g/mol. The summed E-state index contributed by atoms with van der Waals surface area (Å²) in [7, 11) is -11.2. The number of nitrogens with two attached hydrogens (primary N) is 1. The standard InChI is InChI=1S/C8H18N2O7P2/c1-2-3-6(9)4-5-7(10)8(11,18(12,13)14)19(15,16)17/h5,9,11H,2-4,10H2,1H3,(H2,12,13,14)(H2,15,16,17). The maximum atomic E-state index is 11.1. The Bertz CT molecular complexity index is 442. The van der Waals surface area contributed by atoms with E-state index < -0.39 is 26.0 Å². The Morgan fingerprint density at radius 3 is 2.00 bits per heavy atom. The van der Waals surface area contributed by atoms with Gasteiger partial charge >= 0.3 is 20.3 Å². The molecule has 0 aromatic rings. The number of allylic oxidation sites excluding steroid dienone is 1. The summed E-state index contributed by atoms with van der Waals surface area (Å²) in [5, 5.41) is 13.3. The SMILES string of the molecule is CCCC(=N)CC=C(N)C(O)(P(=O)(O)O)P(=O)(O)O. The summed E-state index contributed by atoms with van der Waals surface area (Å²) < 4.78 is 22.2.